The smallest absolute Gasteiger partial charge is 0.343 e. The molecule has 0 aromatic carbocycles. The molecule has 1 atom stereocenters. The lowest BCUT2D eigenvalue weighted by molar-refractivity contribution is -0.122. The molecule has 3 heterocycles. The number of aromatic nitrogens is 3. The maximum atomic E-state index is 12.2. The Labute approximate surface area is 142 Å². The number of hydrogen-bond donors (Lipinski definition) is 2. The maximum absolute atomic E-state index is 12.2. The minimum absolute atomic E-state index is 0.142. The van der Waals surface area contributed by atoms with Crippen molar-refractivity contribution in [1.29, 1.82) is 0 Å². The first-order valence-corrected chi connectivity index (χ1v) is 9.38. The van der Waals surface area contributed by atoms with Gasteiger partial charge in [-0.3, -0.25) is 9.36 Å². The molecular formula is C17H29N5O2. The number of H-pyrrole nitrogens is 1. The Kier molecular flexibility index (Phi) is 6.07. The summed E-state index contributed by atoms with van der Waals surface area (Å²) in [7, 11) is 0. The Hall–Kier alpha value is -1.63. The van der Waals surface area contributed by atoms with E-state index >= 15 is 0 Å². The summed E-state index contributed by atoms with van der Waals surface area (Å²) in [5, 5.41) is 9.68. The zero-order valence-electron chi connectivity index (χ0n) is 14.4. The van der Waals surface area contributed by atoms with Gasteiger partial charge in [-0.05, 0) is 51.7 Å². The molecular weight excluding hydrogens is 306 g/mol. The van der Waals surface area contributed by atoms with Crippen molar-refractivity contribution in [2.75, 3.05) is 19.6 Å². The Morgan fingerprint density at radius 2 is 1.96 bits per heavy atom. The molecule has 0 aliphatic carbocycles. The number of rotatable bonds is 5. The second-order valence-corrected chi connectivity index (χ2v) is 7.05. The molecule has 0 radical (unpaired) electrons. The van der Waals surface area contributed by atoms with E-state index in [1.165, 1.54) is 38.8 Å². The number of amides is 1. The zero-order chi connectivity index (χ0) is 16.8. The van der Waals surface area contributed by atoms with Gasteiger partial charge in [0.25, 0.3) is 0 Å². The van der Waals surface area contributed by atoms with Crippen molar-refractivity contribution in [1.82, 2.24) is 25.0 Å². The summed E-state index contributed by atoms with van der Waals surface area (Å²) in [6.07, 6.45) is 9.18. The number of likely N-dealkylation sites (tertiary alicyclic amines) is 1. The first kappa shape index (κ1) is 17.2. The van der Waals surface area contributed by atoms with Gasteiger partial charge in [0.2, 0.25) is 5.91 Å². The fourth-order valence-electron chi connectivity index (χ4n) is 3.77. The number of aryl methyl sites for hydroxylation is 1. The Bertz CT molecular complexity index is 586. The zero-order valence-corrected chi connectivity index (χ0v) is 14.4. The van der Waals surface area contributed by atoms with Crippen LogP contribution < -0.4 is 11.0 Å². The van der Waals surface area contributed by atoms with E-state index in [0.717, 1.165) is 38.1 Å². The average Bonchev–Trinajstić information content (AvgIpc) is 2.78. The van der Waals surface area contributed by atoms with E-state index in [2.05, 4.69) is 20.4 Å². The molecule has 0 bridgehead atoms. The minimum atomic E-state index is -0.144. The highest BCUT2D eigenvalue weighted by atomic mass is 16.2. The van der Waals surface area contributed by atoms with E-state index in [1.54, 1.807) is 4.57 Å². The Morgan fingerprint density at radius 3 is 2.75 bits per heavy atom. The van der Waals surface area contributed by atoms with Crippen LogP contribution in [0.2, 0.25) is 0 Å². The van der Waals surface area contributed by atoms with Gasteiger partial charge in [-0.25, -0.2) is 9.89 Å². The van der Waals surface area contributed by atoms with Crippen molar-refractivity contribution in [3.8, 4) is 0 Å². The highest BCUT2D eigenvalue weighted by Crippen LogP contribution is 2.12. The summed E-state index contributed by atoms with van der Waals surface area (Å²) < 4.78 is 1.69. The van der Waals surface area contributed by atoms with Crippen LogP contribution in [0.4, 0.5) is 0 Å². The predicted octanol–water partition coefficient (Wildman–Crippen LogP) is 1.05. The molecule has 2 aliphatic rings. The molecule has 7 heteroatoms. The van der Waals surface area contributed by atoms with E-state index in [4.69, 9.17) is 0 Å². The summed E-state index contributed by atoms with van der Waals surface area (Å²) >= 11 is 0. The lowest BCUT2D eigenvalue weighted by atomic mass is 10.1. The van der Waals surface area contributed by atoms with Crippen LogP contribution in [0.3, 0.4) is 0 Å². The molecule has 2 aliphatic heterocycles. The van der Waals surface area contributed by atoms with Gasteiger partial charge in [0.1, 0.15) is 5.82 Å². The summed E-state index contributed by atoms with van der Waals surface area (Å²) in [5.74, 6) is 0.946. The predicted molar refractivity (Wildman–Crippen MR) is 91.9 cm³/mol. The monoisotopic (exact) mass is 335 g/mol. The van der Waals surface area contributed by atoms with Crippen LogP contribution in [-0.4, -0.2) is 51.2 Å². The van der Waals surface area contributed by atoms with Crippen LogP contribution in [0.25, 0.3) is 0 Å². The summed E-state index contributed by atoms with van der Waals surface area (Å²) in [4.78, 5) is 26.3. The van der Waals surface area contributed by atoms with Crippen LogP contribution in [0.1, 0.15) is 57.2 Å². The van der Waals surface area contributed by atoms with Gasteiger partial charge in [-0.1, -0.05) is 12.8 Å². The van der Waals surface area contributed by atoms with E-state index in [-0.39, 0.29) is 17.6 Å². The fourth-order valence-corrected chi connectivity index (χ4v) is 3.77. The van der Waals surface area contributed by atoms with Gasteiger partial charge in [-0.2, -0.15) is 5.10 Å². The van der Waals surface area contributed by atoms with Crippen molar-refractivity contribution >= 4 is 5.91 Å². The molecule has 1 fully saturated rings. The second kappa shape index (κ2) is 8.46. The molecule has 7 nitrogen and oxygen atoms in total. The van der Waals surface area contributed by atoms with Gasteiger partial charge in [0.05, 0.1) is 0 Å². The first-order chi connectivity index (χ1) is 11.7. The number of nitrogens with one attached hydrogen (secondary N) is 2. The summed E-state index contributed by atoms with van der Waals surface area (Å²) in [6, 6.07) is 0.150. The highest BCUT2D eigenvalue weighted by Gasteiger charge is 2.20. The third-order valence-electron chi connectivity index (χ3n) is 5.20. The van der Waals surface area contributed by atoms with Gasteiger partial charge in [-0.15, -0.1) is 0 Å². The van der Waals surface area contributed by atoms with Gasteiger partial charge >= 0.3 is 5.69 Å². The molecule has 0 spiro atoms. The summed E-state index contributed by atoms with van der Waals surface area (Å²) in [6.45, 7) is 4.03. The number of fused-ring (bicyclic) bond motifs is 1. The van der Waals surface area contributed by atoms with Gasteiger partial charge in [0, 0.05) is 25.4 Å². The molecule has 1 saturated heterocycles. The van der Waals surface area contributed by atoms with Crippen LogP contribution in [0, 0.1) is 0 Å². The van der Waals surface area contributed by atoms with Crippen molar-refractivity contribution in [2.45, 2.75) is 70.4 Å². The third-order valence-corrected chi connectivity index (χ3v) is 5.20. The molecule has 1 unspecified atom stereocenters. The van der Waals surface area contributed by atoms with Crippen LogP contribution in [0.5, 0.6) is 0 Å². The van der Waals surface area contributed by atoms with E-state index < -0.39 is 0 Å². The number of carbonyl (C=O) groups is 1. The number of carbonyl (C=O) groups excluding carboxylic acids is 1. The topological polar surface area (TPSA) is 83.0 Å². The third kappa shape index (κ3) is 4.69. The molecule has 0 saturated carbocycles. The maximum Gasteiger partial charge on any atom is 0.343 e. The molecule has 1 aromatic rings. The van der Waals surface area contributed by atoms with Gasteiger partial charge in [0.15, 0.2) is 0 Å². The molecule has 134 valence electrons. The van der Waals surface area contributed by atoms with Gasteiger partial charge < -0.3 is 10.2 Å². The second-order valence-electron chi connectivity index (χ2n) is 7.05. The standard InChI is InChI=1S/C17H29N5O2/c23-16(6-5-12-21-10-3-1-2-4-11-21)18-14-7-8-15-19-20-17(24)22(15)13-9-14/h14H,1-13H2,(H,18,23)(H,20,24). The van der Waals surface area contributed by atoms with E-state index in [1.807, 2.05) is 0 Å². The van der Waals surface area contributed by atoms with Crippen molar-refractivity contribution in [2.24, 2.45) is 0 Å². The SMILES string of the molecule is O=C(CCCN1CCCCCC1)NC1CCc2n[nH]c(=O)n2CC1. The van der Waals surface area contributed by atoms with E-state index in [9.17, 15) is 9.59 Å². The molecule has 1 aromatic heterocycles. The van der Waals surface area contributed by atoms with E-state index in [0.29, 0.717) is 13.0 Å². The Morgan fingerprint density at radius 1 is 1.17 bits per heavy atom. The van der Waals surface area contributed by atoms with Crippen molar-refractivity contribution < 1.29 is 4.79 Å². The first-order valence-electron chi connectivity index (χ1n) is 9.38. The lowest BCUT2D eigenvalue weighted by Crippen LogP contribution is -2.36. The van der Waals surface area contributed by atoms with Crippen LogP contribution in [0.15, 0.2) is 4.79 Å². The molecule has 1 amide bonds. The number of aromatic amines is 1. The highest BCUT2D eigenvalue weighted by molar-refractivity contribution is 5.76. The molecule has 3 rings (SSSR count). The average molecular weight is 335 g/mol. The van der Waals surface area contributed by atoms with Crippen molar-refractivity contribution in [3.63, 3.8) is 0 Å². The van der Waals surface area contributed by atoms with Crippen LogP contribution >= 0.6 is 0 Å². The quantitative estimate of drug-likeness (QED) is 0.842. The largest absolute Gasteiger partial charge is 0.353 e. The molecule has 24 heavy (non-hydrogen) atoms. The number of hydrogen-bond acceptors (Lipinski definition) is 4. The molecule has 2 N–H and O–H groups in total. The fraction of sp³-hybridized carbons (Fsp3) is 0.824. The lowest BCUT2D eigenvalue weighted by Gasteiger charge is -2.20. The Balaban J connectivity index is 1.37. The number of nitrogens with zero attached hydrogens (tertiary/aromatic N) is 3. The van der Waals surface area contributed by atoms with Crippen LogP contribution in [-0.2, 0) is 17.8 Å². The summed E-state index contributed by atoms with van der Waals surface area (Å²) in [5.41, 5.74) is -0.144. The minimum Gasteiger partial charge on any atom is -0.353 e. The normalized spacial score (nSPS) is 22.4. The van der Waals surface area contributed by atoms with Crippen molar-refractivity contribution in [3.05, 3.63) is 16.3 Å².